The summed E-state index contributed by atoms with van der Waals surface area (Å²) in [4.78, 5) is 32.6. The lowest BCUT2D eigenvalue weighted by atomic mass is 9.88. The van der Waals surface area contributed by atoms with E-state index in [1.165, 1.54) is 0 Å². The van der Waals surface area contributed by atoms with Crippen LogP contribution in [0.5, 0.6) is 0 Å². The Morgan fingerprint density at radius 2 is 1.67 bits per heavy atom. The molecule has 0 aromatic heterocycles. The fourth-order valence-electron chi connectivity index (χ4n) is 4.01. The molecule has 2 aromatic rings. The lowest BCUT2D eigenvalue weighted by molar-refractivity contribution is -0.128. The number of hydrogen-bond donors (Lipinski definition) is 0. The molecular weight excluding hydrogens is 360 g/mol. The number of ketones is 1. The lowest BCUT2D eigenvalue weighted by Crippen LogP contribution is -2.50. The number of rotatable bonds is 4. The van der Waals surface area contributed by atoms with E-state index >= 15 is 0 Å². The summed E-state index contributed by atoms with van der Waals surface area (Å²) in [7, 11) is 0. The summed E-state index contributed by atoms with van der Waals surface area (Å²) >= 11 is 5.98. The minimum atomic E-state index is -0.589. The molecule has 0 unspecified atom stereocenters. The predicted octanol–water partition coefficient (Wildman–Crippen LogP) is 4.51. The number of nitrogens with zero attached hydrogens (tertiary/aromatic N) is 2. The van der Waals surface area contributed by atoms with Gasteiger partial charge in [0.2, 0.25) is 0 Å². The molecule has 0 radical (unpaired) electrons. The van der Waals surface area contributed by atoms with E-state index in [2.05, 4.69) is 0 Å². The third kappa shape index (κ3) is 3.42. The minimum Gasteiger partial charge on any atom is -0.305 e. The fraction of sp³-hybridized carbons (Fsp3) is 0.318. The van der Waals surface area contributed by atoms with Crippen LogP contribution in [-0.4, -0.2) is 34.5 Å². The van der Waals surface area contributed by atoms with Crippen LogP contribution in [0.15, 0.2) is 59.6 Å². The Balaban J connectivity index is 1.67. The van der Waals surface area contributed by atoms with Gasteiger partial charge in [-0.2, -0.15) is 0 Å². The summed E-state index contributed by atoms with van der Waals surface area (Å²) in [5.41, 5.74) is 1.23. The van der Waals surface area contributed by atoms with Crippen molar-refractivity contribution in [2.45, 2.75) is 37.8 Å². The molecule has 0 atom stereocenters. The van der Waals surface area contributed by atoms with Gasteiger partial charge in [-0.15, -0.1) is 0 Å². The highest BCUT2D eigenvalue weighted by Crippen LogP contribution is 2.39. The van der Waals surface area contributed by atoms with Crippen LogP contribution in [-0.2, 0) is 4.79 Å². The van der Waals surface area contributed by atoms with Crippen molar-refractivity contribution < 1.29 is 9.59 Å². The highest BCUT2D eigenvalue weighted by atomic mass is 35.5. The molecule has 1 aliphatic heterocycles. The minimum absolute atomic E-state index is 0.0542. The molecule has 4 rings (SSSR count). The maximum atomic E-state index is 13.2. The van der Waals surface area contributed by atoms with Crippen LogP contribution in [0.3, 0.4) is 0 Å². The van der Waals surface area contributed by atoms with Crippen LogP contribution in [0.1, 0.15) is 48.0 Å². The summed E-state index contributed by atoms with van der Waals surface area (Å²) in [6, 6.07) is 16.3. The van der Waals surface area contributed by atoms with Crippen molar-refractivity contribution >= 4 is 29.0 Å². The van der Waals surface area contributed by atoms with Gasteiger partial charge < -0.3 is 4.90 Å². The molecule has 0 saturated heterocycles. The lowest BCUT2D eigenvalue weighted by Gasteiger charge is -2.38. The third-order valence-corrected chi connectivity index (χ3v) is 5.69. The number of benzene rings is 2. The monoisotopic (exact) mass is 380 g/mol. The van der Waals surface area contributed by atoms with Crippen LogP contribution in [0, 0.1) is 0 Å². The van der Waals surface area contributed by atoms with E-state index < -0.39 is 5.66 Å². The molecule has 2 aromatic carbocycles. The van der Waals surface area contributed by atoms with Gasteiger partial charge in [-0.3, -0.25) is 14.6 Å². The van der Waals surface area contributed by atoms with Crippen molar-refractivity contribution in [1.29, 1.82) is 0 Å². The van der Waals surface area contributed by atoms with Gasteiger partial charge in [-0.25, -0.2) is 0 Å². The number of hydrogen-bond acceptors (Lipinski definition) is 3. The predicted molar refractivity (Wildman–Crippen MR) is 106 cm³/mol. The summed E-state index contributed by atoms with van der Waals surface area (Å²) in [5, 5.41) is 0.619. The highest BCUT2D eigenvalue weighted by molar-refractivity contribution is 6.47. The fourth-order valence-corrected chi connectivity index (χ4v) is 4.13. The molecule has 1 saturated carbocycles. The van der Waals surface area contributed by atoms with Gasteiger partial charge in [-0.05, 0) is 37.8 Å². The van der Waals surface area contributed by atoms with Crippen LogP contribution in [0.25, 0.3) is 0 Å². The number of Topliss-reactive ketones (excluding diaryl/α,β-unsaturated/α-hetero) is 1. The molecule has 5 heteroatoms. The van der Waals surface area contributed by atoms with E-state index in [0.29, 0.717) is 16.3 Å². The topological polar surface area (TPSA) is 49.7 Å². The number of aliphatic imine (C=N–C) groups is 1. The molecule has 1 spiro atoms. The largest absolute Gasteiger partial charge is 0.305 e. The second kappa shape index (κ2) is 7.28. The van der Waals surface area contributed by atoms with Gasteiger partial charge in [0.25, 0.3) is 5.91 Å². The van der Waals surface area contributed by atoms with E-state index in [4.69, 9.17) is 16.6 Å². The first kappa shape index (κ1) is 17.9. The standard InChI is InChI=1S/C22H21ClN2O2/c23-18-11-9-17(10-12-18)20-21(27)25(22(24-20)13-5-2-6-14-22)15-19(26)16-7-3-1-4-8-16/h1,3-4,7-12H,2,5-6,13-15H2. The first-order valence-corrected chi connectivity index (χ1v) is 9.73. The maximum Gasteiger partial charge on any atom is 0.275 e. The first-order chi connectivity index (χ1) is 13.1. The second-order valence-electron chi connectivity index (χ2n) is 7.19. The van der Waals surface area contributed by atoms with Gasteiger partial charge >= 0.3 is 0 Å². The zero-order valence-corrected chi connectivity index (χ0v) is 15.8. The molecule has 138 valence electrons. The number of carbonyl (C=O) groups is 2. The van der Waals surface area contributed by atoms with Crippen LogP contribution >= 0.6 is 11.6 Å². The summed E-state index contributed by atoms with van der Waals surface area (Å²) < 4.78 is 0. The normalized spacial score (nSPS) is 18.6. The van der Waals surface area contributed by atoms with Crippen molar-refractivity contribution in [1.82, 2.24) is 4.90 Å². The molecule has 0 N–H and O–H groups in total. The molecule has 1 amide bonds. The quantitative estimate of drug-likeness (QED) is 0.732. The van der Waals surface area contributed by atoms with Crippen molar-refractivity contribution in [3.63, 3.8) is 0 Å². The van der Waals surface area contributed by atoms with E-state index in [1.807, 2.05) is 30.3 Å². The van der Waals surface area contributed by atoms with Gasteiger partial charge in [0.1, 0.15) is 11.4 Å². The summed E-state index contributed by atoms with van der Waals surface area (Å²) in [6.07, 6.45) is 4.78. The van der Waals surface area contributed by atoms with Crippen molar-refractivity contribution in [3.05, 3.63) is 70.7 Å². The first-order valence-electron chi connectivity index (χ1n) is 9.35. The van der Waals surface area contributed by atoms with E-state index in [1.54, 1.807) is 29.2 Å². The Kier molecular flexibility index (Phi) is 4.83. The van der Waals surface area contributed by atoms with Crippen molar-refractivity contribution in [3.8, 4) is 0 Å². The molecule has 4 nitrogen and oxygen atoms in total. The average molecular weight is 381 g/mol. The average Bonchev–Trinajstić information content (AvgIpc) is 2.96. The molecule has 27 heavy (non-hydrogen) atoms. The second-order valence-corrected chi connectivity index (χ2v) is 7.63. The molecule has 2 aliphatic rings. The number of amides is 1. The van der Waals surface area contributed by atoms with E-state index in [9.17, 15) is 9.59 Å². The third-order valence-electron chi connectivity index (χ3n) is 5.44. The molecule has 1 aliphatic carbocycles. The Morgan fingerprint density at radius 3 is 2.33 bits per heavy atom. The smallest absolute Gasteiger partial charge is 0.275 e. The zero-order chi connectivity index (χ0) is 18.9. The van der Waals surface area contributed by atoms with Gasteiger partial charge in [0, 0.05) is 16.1 Å². The van der Waals surface area contributed by atoms with Gasteiger partial charge in [0.05, 0.1) is 6.54 Å². The molecular formula is C22H21ClN2O2. The Labute approximate surface area is 163 Å². The Hall–Kier alpha value is -2.46. The Bertz CT molecular complexity index is 884. The van der Waals surface area contributed by atoms with E-state index in [0.717, 1.165) is 37.7 Å². The molecule has 1 heterocycles. The molecule has 1 fully saturated rings. The summed E-state index contributed by atoms with van der Waals surface area (Å²) in [6.45, 7) is 0.0590. The number of halogens is 1. The summed E-state index contributed by atoms with van der Waals surface area (Å²) in [5.74, 6) is -0.218. The van der Waals surface area contributed by atoms with Crippen molar-refractivity contribution in [2.75, 3.05) is 6.54 Å². The van der Waals surface area contributed by atoms with E-state index in [-0.39, 0.29) is 18.2 Å². The van der Waals surface area contributed by atoms with Gasteiger partial charge in [-0.1, -0.05) is 60.5 Å². The molecule has 0 bridgehead atoms. The zero-order valence-electron chi connectivity index (χ0n) is 15.0. The SMILES string of the molecule is O=C(CN1C(=O)C(c2ccc(Cl)cc2)=NC12CCCCC2)c1ccccc1. The van der Waals surface area contributed by atoms with Crippen LogP contribution in [0.2, 0.25) is 5.02 Å². The van der Waals surface area contributed by atoms with Gasteiger partial charge in [0.15, 0.2) is 5.78 Å². The maximum absolute atomic E-state index is 13.2. The van der Waals surface area contributed by atoms with Crippen LogP contribution in [0.4, 0.5) is 0 Å². The highest BCUT2D eigenvalue weighted by Gasteiger charge is 2.48. The van der Waals surface area contributed by atoms with Crippen molar-refractivity contribution in [2.24, 2.45) is 4.99 Å². The Morgan fingerprint density at radius 1 is 1.00 bits per heavy atom. The number of carbonyl (C=O) groups excluding carboxylic acids is 2. The van der Waals surface area contributed by atoms with Crippen LogP contribution < -0.4 is 0 Å².